The lowest BCUT2D eigenvalue weighted by Crippen LogP contribution is -2.35. The van der Waals surface area contributed by atoms with Gasteiger partial charge in [-0.15, -0.1) is 0 Å². The van der Waals surface area contributed by atoms with Gasteiger partial charge < -0.3 is 0 Å². The van der Waals surface area contributed by atoms with E-state index < -0.39 is 11.8 Å². The molecule has 0 radical (unpaired) electrons. The maximum atomic E-state index is 11.5. The van der Waals surface area contributed by atoms with Crippen LogP contribution < -0.4 is 10.9 Å². The number of hydrogen-bond donors (Lipinski definition) is 2. The lowest BCUT2D eigenvalue weighted by Gasteiger charge is -1.98. The molecule has 2 aromatic rings. The van der Waals surface area contributed by atoms with E-state index in [9.17, 15) is 9.59 Å². The summed E-state index contributed by atoms with van der Waals surface area (Å²) >= 11 is 11.5. The molecule has 0 aliphatic heterocycles. The Kier molecular flexibility index (Phi) is 6.48. The van der Waals surface area contributed by atoms with Gasteiger partial charge in [0.25, 0.3) is 0 Å². The second-order valence-corrected chi connectivity index (χ2v) is 5.37. The van der Waals surface area contributed by atoms with Crippen molar-refractivity contribution in [3.8, 4) is 0 Å². The Morgan fingerprint density at radius 1 is 0.708 bits per heavy atom. The number of carbonyl (C=O) groups is 2. The molecule has 0 aromatic heterocycles. The van der Waals surface area contributed by atoms with Gasteiger partial charge in [0.1, 0.15) is 0 Å². The summed E-state index contributed by atoms with van der Waals surface area (Å²) in [7, 11) is 0. The van der Waals surface area contributed by atoms with Gasteiger partial charge in [0, 0.05) is 10.0 Å². The van der Waals surface area contributed by atoms with Crippen LogP contribution in [-0.4, -0.2) is 24.2 Å². The molecular formula is C16H12Cl2N4O2. The Morgan fingerprint density at radius 3 is 1.38 bits per heavy atom. The highest BCUT2D eigenvalue weighted by Crippen LogP contribution is 2.08. The SMILES string of the molecule is O=C(NN=Cc1ccc(Cl)cc1)C(=O)N/N=C\c1ccc(Cl)cc1. The Labute approximate surface area is 148 Å². The number of hydrazone groups is 2. The smallest absolute Gasteiger partial charge is 0.262 e. The third kappa shape index (κ3) is 5.83. The van der Waals surface area contributed by atoms with E-state index in [2.05, 4.69) is 21.1 Å². The molecule has 0 bridgehead atoms. The van der Waals surface area contributed by atoms with Crippen molar-refractivity contribution in [1.29, 1.82) is 0 Å². The van der Waals surface area contributed by atoms with Gasteiger partial charge in [-0.05, 0) is 35.4 Å². The maximum absolute atomic E-state index is 11.5. The second kappa shape index (κ2) is 8.81. The minimum absolute atomic E-state index is 0.592. The van der Waals surface area contributed by atoms with E-state index >= 15 is 0 Å². The van der Waals surface area contributed by atoms with E-state index in [1.807, 2.05) is 0 Å². The van der Waals surface area contributed by atoms with Crippen molar-refractivity contribution in [3.63, 3.8) is 0 Å². The number of nitrogens with one attached hydrogen (secondary N) is 2. The van der Waals surface area contributed by atoms with Gasteiger partial charge in [-0.1, -0.05) is 47.5 Å². The fourth-order valence-electron chi connectivity index (χ4n) is 1.53. The zero-order valence-electron chi connectivity index (χ0n) is 12.2. The zero-order valence-corrected chi connectivity index (χ0v) is 13.8. The van der Waals surface area contributed by atoms with Crippen LogP contribution in [-0.2, 0) is 9.59 Å². The molecule has 0 aliphatic carbocycles. The zero-order chi connectivity index (χ0) is 17.4. The molecule has 122 valence electrons. The molecular weight excluding hydrogens is 351 g/mol. The number of amides is 2. The fourth-order valence-corrected chi connectivity index (χ4v) is 1.78. The minimum atomic E-state index is -0.937. The molecule has 2 aromatic carbocycles. The fraction of sp³-hybridized carbons (Fsp3) is 0. The summed E-state index contributed by atoms with van der Waals surface area (Å²) in [4.78, 5) is 23.1. The Morgan fingerprint density at radius 2 is 1.04 bits per heavy atom. The topological polar surface area (TPSA) is 82.9 Å². The lowest BCUT2D eigenvalue weighted by molar-refractivity contribution is -0.139. The number of hydrogen-bond acceptors (Lipinski definition) is 4. The summed E-state index contributed by atoms with van der Waals surface area (Å²) in [6, 6.07) is 13.6. The van der Waals surface area contributed by atoms with Gasteiger partial charge in [-0.2, -0.15) is 10.2 Å². The molecule has 6 nitrogen and oxygen atoms in total. The van der Waals surface area contributed by atoms with Crippen LogP contribution in [0.1, 0.15) is 11.1 Å². The third-order valence-corrected chi connectivity index (χ3v) is 3.21. The first-order valence-electron chi connectivity index (χ1n) is 6.72. The molecule has 0 spiro atoms. The molecule has 0 heterocycles. The molecule has 0 aliphatic rings. The number of halogens is 2. The first-order valence-corrected chi connectivity index (χ1v) is 7.48. The monoisotopic (exact) mass is 362 g/mol. The predicted molar refractivity (Wildman–Crippen MR) is 94.4 cm³/mol. The highest BCUT2D eigenvalue weighted by atomic mass is 35.5. The Hall–Kier alpha value is -2.70. The van der Waals surface area contributed by atoms with E-state index in [-0.39, 0.29) is 0 Å². The standard InChI is InChI=1S/C16H12Cl2N4O2/c17-13-5-1-11(2-6-13)9-19-21-15(23)16(24)22-20-10-12-3-7-14(18)8-4-12/h1-10H,(H,21,23)(H,22,24)/b19-9-,20-10?. The lowest BCUT2D eigenvalue weighted by atomic mass is 10.2. The average molecular weight is 363 g/mol. The minimum Gasteiger partial charge on any atom is -0.262 e. The third-order valence-electron chi connectivity index (χ3n) is 2.71. The van der Waals surface area contributed by atoms with Crippen molar-refractivity contribution in [1.82, 2.24) is 10.9 Å². The predicted octanol–water partition coefficient (Wildman–Crippen LogP) is 2.59. The van der Waals surface area contributed by atoms with Gasteiger partial charge in [-0.25, -0.2) is 10.9 Å². The maximum Gasteiger partial charge on any atom is 0.331 e. The summed E-state index contributed by atoms with van der Waals surface area (Å²) in [6.07, 6.45) is 2.77. The first kappa shape index (κ1) is 17.7. The molecule has 2 amide bonds. The number of rotatable bonds is 4. The average Bonchev–Trinajstić information content (AvgIpc) is 2.58. The number of nitrogens with zero attached hydrogens (tertiary/aromatic N) is 2. The van der Waals surface area contributed by atoms with Crippen molar-refractivity contribution in [2.24, 2.45) is 10.2 Å². The van der Waals surface area contributed by atoms with Crippen LogP contribution in [0.2, 0.25) is 10.0 Å². The Balaban J connectivity index is 1.80. The quantitative estimate of drug-likeness (QED) is 0.497. The van der Waals surface area contributed by atoms with Crippen LogP contribution in [0.5, 0.6) is 0 Å². The highest BCUT2D eigenvalue weighted by molar-refractivity contribution is 6.35. The van der Waals surface area contributed by atoms with Crippen LogP contribution in [0.3, 0.4) is 0 Å². The summed E-state index contributed by atoms with van der Waals surface area (Å²) < 4.78 is 0. The van der Waals surface area contributed by atoms with Crippen LogP contribution in [0.15, 0.2) is 58.7 Å². The van der Waals surface area contributed by atoms with Crippen LogP contribution >= 0.6 is 23.2 Å². The van der Waals surface area contributed by atoms with Gasteiger partial charge >= 0.3 is 11.8 Å². The molecule has 2 rings (SSSR count). The van der Waals surface area contributed by atoms with E-state index in [1.54, 1.807) is 48.5 Å². The molecule has 0 unspecified atom stereocenters. The van der Waals surface area contributed by atoms with Crippen molar-refractivity contribution in [3.05, 3.63) is 69.7 Å². The summed E-state index contributed by atoms with van der Waals surface area (Å²) in [5.74, 6) is -1.87. The first-order chi connectivity index (χ1) is 11.5. The van der Waals surface area contributed by atoms with Gasteiger partial charge in [-0.3, -0.25) is 9.59 Å². The van der Waals surface area contributed by atoms with Crippen molar-refractivity contribution >= 4 is 47.4 Å². The largest absolute Gasteiger partial charge is 0.331 e. The molecule has 8 heteroatoms. The molecule has 24 heavy (non-hydrogen) atoms. The Bertz CT molecular complexity index is 704. The normalized spacial score (nSPS) is 10.9. The number of benzene rings is 2. The summed E-state index contributed by atoms with van der Waals surface area (Å²) in [6.45, 7) is 0. The van der Waals surface area contributed by atoms with Gasteiger partial charge in [0.2, 0.25) is 0 Å². The molecule has 0 saturated heterocycles. The number of carbonyl (C=O) groups excluding carboxylic acids is 2. The molecule has 0 atom stereocenters. The second-order valence-electron chi connectivity index (χ2n) is 4.50. The van der Waals surface area contributed by atoms with E-state index in [0.29, 0.717) is 10.0 Å². The van der Waals surface area contributed by atoms with Crippen molar-refractivity contribution < 1.29 is 9.59 Å². The summed E-state index contributed by atoms with van der Waals surface area (Å²) in [5.41, 5.74) is 5.64. The molecule has 0 saturated carbocycles. The highest BCUT2D eigenvalue weighted by Gasteiger charge is 2.10. The van der Waals surface area contributed by atoms with Gasteiger partial charge in [0.05, 0.1) is 12.4 Å². The van der Waals surface area contributed by atoms with Crippen molar-refractivity contribution in [2.45, 2.75) is 0 Å². The molecule has 0 fully saturated rings. The van der Waals surface area contributed by atoms with E-state index in [0.717, 1.165) is 11.1 Å². The van der Waals surface area contributed by atoms with Crippen LogP contribution in [0, 0.1) is 0 Å². The van der Waals surface area contributed by atoms with E-state index in [4.69, 9.17) is 23.2 Å². The summed E-state index contributed by atoms with van der Waals surface area (Å²) in [5, 5.41) is 8.53. The van der Waals surface area contributed by atoms with Crippen molar-refractivity contribution in [2.75, 3.05) is 0 Å². The van der Waals surface area contributed by atoms with Gasteiger partial charge in [0.15, 0.2) is 0 Å². The van der Waals surface area contributed by atoms with Crippen LogP contribution in [0.25, 0.3) is 0 Å². The molecule has 2 N–H and O–H groups in total. The van der Waals surface area contributed by atoms with E-state index in [1.165, 1.54) is 12.4 Å². The van der Waals surface area contributed by atoms with Crippen LogP contribution in [0.4, 0.5) is 0 Å².